The molecule has 1 aliphatic rings. The summed E-state index contributed by atoms with van der Waals surface area (Å²) in [5, 5.41) is 2.83. The molecule has 0 saturated heterocycles. The van der Waals surface area contributed by atoms with Gasteiger partial charge in [-0.05, 0) is 68.9 Å². The van der Waals surface area contributed by atoms with Crippen molar-refractivity contribution >= 4 is 27.6 Å². The number of carbonyl (C=O) groups excluding carboxylic acids is 2. The van der Waals surface area contributed by atoms with Crippen molar-refractivity contribution in [3.63, 3.8) is 0 Å². The average Bonchev–Trinajstić information content (AvgIpc) is 2.76. The molecule has 8 heteroatoms. The number of nitrogens with one attached hydrogen (secondary N) is 2. The molecular formula is C23H28N2O5S. The third kappa shape index (κ3) is 5.25. The summed E-state index contributed by atoms with van der Waals surface area (Å²) in [5.74, 6) is -0.513. The minimum atomic E-state index is -3.88. The van der Waals surface area contributed by atoms with Gasteiger partial charge in [0.05, 0.1) is 12.0 Å². The van der Waals surface area contributed by atoms with Gasteiger partial charge in [-0.3, -0.25) is 9.52 Å². The monoisotopic (exact) mass is 444 g/mol. The lowest BCUT2D eigenvalue weighted by Gasteiger charge is -2.37. The number of carbonyl (C=O) groups is 2. The Bertz CT molecular complexity index is 1060. The van der Waals surface area contributed by atoms with Crippen LogP contribution in [0.25, 0.3) is 0 Å². The third-order valence-corrected chi connectivity index (χ3v) is 7.15. The van der Waals surface area contributed by atoms with Gasteiger partial charge in [0.15, 0.2) is 0 Å². The van der Waals surface area contributed by atoms with Crippen LogP contribution in [0.5, 0.6) is 0 Å². The van der Waals surface area contributed by atoms with Crippen LogP contribution in [0.4, 0.5) is 5.69 Å². The number of aryl methyl sites for hydroxylation is 1. The molecule has 31 heavy (non-hydrogen) atoms. The number of ether oxygens (including phenoxy) is 1. The van der Waals surface area contributed by atoms with Crippen molar-refractivity contribution < 1.29 is 22.7 Å². The minimum Gasteiger partial charge on any atom is -0.467 e. The highest BCUT2D eigenvalue weighted by atomic mass is 32.2. The zero-order chi connectivity index (χ0) is 22.6. The predicted molar refractivity (Wildman–Crippen MR) is 118 cm³/mol. The fraction of sp³-hybridized carbons (Fsp3) is 0.391. The van der Waals surface area contributed by atoms with Gasteiger partial charge in [-0.15, -0.1) is 0 Å². The van der Waals surface area contributed by atoms with Gasteiger partial charge in [0.1, 0.15) is 5.54 Å². The summed E-state index contributed by atoms with van der Waals surface area (Å²) >= 11 is 0. The molecule has 7 nitrogen and oxygen atoms in total. The smallest absolute Gasteiger partial charge is 0.331 e. The quantitative estimate of drug-likeness (QED) is 0.663. The Morgan fingerprint density at radius 2 is 1.71 bits per heavy atom. The van der Waals surface area contributed by atoms with Gasteiger partial charge in [-0.2, -0.15) is 0 Å². The number of methoxy groups -OCH3 is 1. The number of benzene rings is 2. The van der Waals surface area contributed by atoms with E-state index in [1.54, 1.807) is 24.3 Å². The van der Waals surface area contributed by atoms with Crippen LogP contribution in [0.2, 0.25) is 0 Å². The Hall–Kier alpha value is -2.87. The molecule has 1 saturated carbocycles. The van der Waals surface area contributed by atoms with Crippen LogP contribution < -0.4 is 10.0 Å². The Morgan fingerprint density at radius 3 is 2.32 bits per heavy atom. The molecule has 2 N–H and O–H groups in total. The maximum absolute atomic E-state index is 13.0. The first-order valence-corrected chi connectivity index (χ1v) is 11.7. The summed E-state index contributed by atoms with van der Waals surface area (Å²) in [6.07, 6.45) is 2.56. The third-order valence-electron chi connectivity index (χ3n) is 5.77. The van der Waals surface area contributed by atoms with E-state index < -0.39 is 27.4 Å². The number of amides is 1. The second-order valence-corrected chi connectivity index (χ2v) is 9.89. The molecule has 1 amide bonds. The molecular weight excluding hydrogens is 416 g/mol. The van der Waals surface area contributed by atoms with Gasteiger partial charge >= 0.3 is 5.97 Å². The van der Waals surface area contributed by atoms with Crippen molar-refractivity contribution in [1.82, 2.24) is 5.32 Å². The number of hydrogen-bond donors (Lipinski definition) is 2. The summed E-state index contributed by atoms with van der Waals surface area (Å²) < 4.78 is 33.0. The molecule has 0 aromatic heterocycles. The van der Waals surface area contributed by atoms with Gasteiger partial charge < -0.3 is 10.1 Å². The summed E-state index contributed by atoms with van der Waals surface area (Å²) in [7, 11) is -2.58. The van der Waals surface area contributed by atoms with Crippen LogP contribution in [0, 0.1) is 12.8 Å². The highest BCUT2D eigenvalue weighted by Gasteiger charge is 2.43. The first-order chi connectivity index (χ1) is 14.6. The molecule has 0 atom stereocenters. The number of anilines is 1. The van der Waals surface area contributed by atoms with Crippen molar-refractivity contribution in [1.29, 1.82) is 0 Å². The van der Waals surface area contributed by atoms with Crippen LogP contribution in [-0.2, 0) is 19.6 Å². The highest BCUT2D eigenvalue weighted by Crippen LogP contribution is 2.33. The Balaban J connectivity index is 1.82. The molecule has 0 unspecified atom stereocenters. The minimum absolute atomic E-state index is 0.0369. The molecule has 0 aliphatic heterocycles. The lowest BCUT2D eigenvalue weighted by atomic mass is 9.77. The largest absolute Gasteiger partial charge is 0.467 e. The van der Waals surface area contributed by atoms with E-state index in [4.69, 9.17) is 4.74 Å². The van der Waals surface area contributed by atoms with Crippen LogP contribution in [-0.4, -0.2) is 32.9 Å². The zero-order valence-corrected chi connectivity index (χ0v) is 18.8. The van der Waals surface area contributed by atoms with Crippen LogP contribution in [0.15, 0.2) is 53.4 Å². The SMILES string of the molecule is COC(=O)C1(NC(=O)c2cccc(S(=O)(=O)Nc3ccc(C)cc3)c2)CCC(C)CC1. The van der Waals surface area contributed by atoms with Gasteiger partial charge in [0.25, 0.3) is 15.9 Å². The van der Waals surface area contributed by atoms with E-state index in [1.807, 2.05) is 6.92 Å². The van der Waals surface area contributed by atoms with Crippen LogP contribution in [0.3, 0.4) is 0 Å². The second-order valence-electron chi connectivity index (χ2n) is 8.21. The lowest BCUT2D eigenvalue weighted by molar-refractivity contribution is -0.150. The molecule has 166 valence electrons. The molecule has 0 radical (unpaired) electrons. The fourth-order valence-electron chi connectivity index (χ4n) is 3.76. The van der Waals surface area contributed by atoms with E-state index in [0.29, 0.717) is 24.4 Å². The first kappa shape index (κ1) is 22.8. The van der Waals surface area contributed by atoms with Gasteiger partial charge in [0, 0.05) is 11.3 Å². The van der Waals surface area contributed by atoms with Crippen molar-refractivity contribution in [2.75, 3.05) is 11.8 Å². The molecule has 1 fully saturated rings. The molecule has 2 aromatic carbocycles. The zero-order valence-electron chi connectivity index (χ0n) is 18.0. The summed E-state index contributed by atoms with van der Waals surface area (Å²) in [4.78, 5) is 25.4. The van der Waals surface area contributed by atoms with Crippen molar-refractivity contribution in [3.8, 4) is 0 Å². The van der Waals surface area contributed by atoms with Crippen molar-refractivity contribution in [2.24, 2.45) is 5.92 Å². The Labute approximate surface area is 183 Å². The van der Waals surface area contributed by atoms with Crippen molar-refractivity contribution in [2.45, 2.75) is 50.0 Å². The van der Waals surface area contributed by atoms with E-state index in [2.05, 4.69) is 17.0 Å². The predicted octanol–water partition coefficient (Wildman–Crippen LogP) is 3.65. The fourth-order valence-corrected chi connectivity index (χ4v) is 4.86. The molecule has 3 rings (SSSR count). The number of rotatable bonds is 6. The summed E-state index contributed by atoms with van der Waals surface area (Å²) in [6.45, 7) is 4.02. The topological polar surface area (TPSA) is 102 Å². The number of sulfonamides is 1. The molecule has 0 bridgehead atoms. The van der Waals surface area contributed by atoms with Gasteiger partial charge in [-0.25, -0.2) is 13.2 Å². The molecule has 2 aromatic rings. The van der Waals surface area contributed by atoms with Crippen molar-refractivity contribution in [3.05, 3.63) is 59.7 Å². The number of hydrogen-bond acceptors (Lipinski definition) is 5. The maximum atomic E-state index is 13.0. The first-order valence-electron chi connectivity index (χ1n) is 10.3. The van der Waals surface area contributed by atoms with Crippen LogP contribution in [0.1, 0.15) is 48.5 Å². The maximum Gasteiger partial charge on any atom is 0.331 e. The molecule has 1 aliphatic carbocycles. The normalized spacial score (nSPS) is 21.2. The average molecular weight is 445 g/mol. The Morgan fingerprint density at radius 1 is 1.06 bits per heavy atom. The van der Waals surface area contributed by atoms with E-state index in [9.17, 15) is 18.0 Å². The van der Waals surface area contributed by atoms with E-state index in [1.165, 1.54) is 31.4 Å². The molecule has 0 heterocycles. The summed E-state index contributed by atoms with van der Waals surface area (Å²) in [6, 6.07) is 12.7. The number of esters is 1. The van der Waals surface area contributed by atoms with Gasteiger partial charge in [0.2, 0.25) is 0 Å². The summed E-state index contributed by atoms with van der Waals surface area (Å²) in [5.41, 5.74) is 0.515. The van der Waals surface area contributed by atoms with E-state index in [-0.39, 0.29) is 10.5 Å². The van der Waals surface area contributed by atoms with E-state index >= 15 is 0 Å². The van der Waals surface area contributed by atoms with Crippen LogP contribution >= 0.6 is 0 Å². The highest BCUT2D eigenvalue weighted by molar-refractivity contribution is 7.92. The van der Waals surface area contributed by atoms with Gasteiger partial charge in [-0.1, -0.05) is 30.7 Å². The molecule has 0 spiro atoms. The standard InChI is InChI=1S/C23H28N2O5S/c1-16-7-9-19(10-8-16)25-31(28,29)20-6-4-5-18(15-20)21(26)24-23(22(27)30-3)13-11-17(2)12-14-23/h4-10,15,17,25H,11-14H2,1-3H3,(H,24,26). The lowest BCUT2D eigenvalue weighted by Crippen LogP contribution is -2.56. The Kier molecular flexibility index (Phi) is 6.69. The second kappa shape index (κ2) is 9.09. The van der Waals surface area contributed by atoms with E-state index in [0.717, 1.165) is 18.4 Å².